The van der Waals surface area contributed by atoms with Crippen molar-refractivity contribution in [2.45, 2.75) is 13.5 Å². The quantitative estimate of drug-likeness (QED) is 0.784. The number of benzene rings is 2. The normalized spacial score (nSPS) is 11.0. The van der Waals surface area contributed by atoms with Crippen LogP contribution in [-0.4, -0.2) is 20.6 Å². The molecular weight excluding hydrogens is 332 g/mol. The summed E-state index contributed by atoms with van der Waals surface area (Å²) in [5.41, 5.74) is 3.05. The summed E-state index contributed by atoms with van der Waals surface area (Å²) < 4.78 is 3.06. The van der Waals surface area contributed by atoms with Crippen molar-refractivity contribution in [2.24, 2.45) is 0 Å². The number of carboxylic acids is 1. The average Bonchev–Trinajstić information content (AvgIpc) is 2.76. The fourth-order valence-electron chi connectivity index (χ4n) is 2.37. The Labute approximate surface area is 130 Å². The first-order chi connectivity index (χ1) is 10.1. The van der Waals surface area contributed by atoms with Crippen LogP contribution < -0.4 is 0 Å². The Bertz CT molecular complexity index is 839. The third kappa shape index (κ3) is 2.56. The molecule has 0 saturated heterocycles. The first-order valence-electron chi connectivity index (χ1n) is 6.50. The van der Waals surface area contributed by atoms with Gasteiger partial charge in [-0.05, 0) is 36.8 Å². The maximum Gasteiger partial charge on any atom is 0.335 e. The summed E-state index contributed by atoms with van der Waals surface area (Å²) >= 11 is 3.54. The Kier molecular flexibility index (Phi) is 3.51. The van der Waals surface area contributed by atoms with Crippen LogP contribution in [-0.2, 0) is 6.54 Å². The van der Waals surface area contributed by atoms with Gasteiger partial charge in [-0.2, -0.15) is 0 Å². The lowest BCUT2D eigenvalue weighted by atomic mass is 10.2. The maximum absolute atomic E-state index is 11.1. The second-order valence-electron chi connectivity index (χ2n) is 4.85. The highest BCUT2D eigenvalue weighted by Gasteiger charge is 2.12. The number of hydrogen-bond acceptors (Lipinski definition) is 2. The van der Waals surface area contributed by atoms with Crippen LogP contribution in [0.5, 0.6) is 0 Å². The molecule has 0 spiro atoms. The van der Waals surface area contributed by atoms with Gasteiger partial charge in [0.15, 0.2) is 0 Å². The van der Waals surface area contributed by atoms with Crippen LogP contribution in [0.3, 0.4) is 0 Å². The van der Waals surface area contributed by atoms with Crippen molar-refractivity contribution >= 4 is 32.9 Å². The summed E-state index contributed by atoms with van der Waals surface area (Å²) in [5, 5.41) is 9.14. The summed E-state index contributed by atoms with van der Waals surface area (Å²) in [5.74, 6) is -0.0634. The highest BCUT2D eigenvalue weighted by Crippen LogP contribution is 2.22. The van der Waals surface area contributed by atoms with E-state index in [1.165, 1.54) is 0 Å². The van der Waals surface area contributed by atoms with Crippen molar-refractivity contribution in [3.8, 4) is 0 Å². The van der Waals surface area contributed by atoms with E-state index < -0.39 is 5.97 Å². The number of halogens is 1. The van der Waals surface area contributed by atoms with E-state index in [1.807, 2.05) is 35.8 Å². The number of carbonyl (C=O) groups is 1. The third-order valence-electron chi connectivity index (χ3n) is 3.47. The first-order valence-corrected chi connectivity index (χ1v) is 7.29. The van der Waals surface area contributed by atoms with E-state index in [9.17, 15) is 4.79 Å². The van der Waals surface area contributed by atoms with Crippen molar-refractivity contribution in [1.29, 1.82) is 0 Å². The molecule has 0 aliphatic heterocycles. The number of hydrogen-bond donors (Lipinski definition) is 1. The lowest BCUT2D eigenvalue weighted by Gasteiger charge is -2.09. The Morgan fingerprint density at radius 1 is 1.29 bits per heavy atom. The molecule has 0 fully saturated rings. The van der Waals surface area contributed by atoms with E-state index in [4.69, 9.17) is 5.11 Å². The number of imidazole rings is 1. The van der Waals surface area contributed by atoms with Gasteiger partial charge in [0.05, 0.1) is 23.1 Å². The van der Waals surface area contributed by atoms with Crippen LogP contribution in [0.25, 0.3) is 11.0 Å². The van der Waals surface area contributed by atoms with Crippen molar-refractivity contribution in [2.75, 3.05) is 0 Å². The predicted octanol–water partition coefficient (Wildman–Crippen LogP) is 3.85. The Morgan fingerprint density at radius 2 is 2.05 bits per heavy atom. The highest BCUT2D eigenvalue weighted by molar-refractivity contribution is 9.10. The van der Waals surface area contributed by atoms with Gasteiger partial charge in [0, 0.05) is 4.47 Å². The van der Waals surface area contributed by atoms with Crippen LogP contribution in [0.2, 0.25) is 0 Å². The molecule has 1 aromatic heterocycles. The van der Waals surface area contributed by atoms with Crippen LogP contribution in [0.4, 0.5) is 0 Å². The average molecular weight is 345 g/mol. The zero-order valence-electron chi connectivity index (χ0n) is 11.4. The Hall–Kier alpha value is -2.14. The molecule has 3 aromatic rings. The minimum atomic E-state index is -0.928. The molecule has 0 bridgehead atoms. The van der Waals surface area contributed by atoms with E-state index in [-0.39, 0.29) is 5.56 Å². The lowest BCUT2D eigenvalue weighted by Crippen LogP contribution is -2.03. The second kappa shape index (κ2) is 5.33. The molecule has 0 aliphatic carbocycles. The van der Waals surface area contributed by atoms with Crippen molar-refractivity contribution < 1.29 is 9.90 Å². The molecule has 3 rings (SSSR count). The molecule has 21 heavy (non-hydrogen) atoms. The fourth-order valence-corrected chi connectivity index (χ4v) is 2.78. The standard InChI is InChI=1S/C16H13BrN2O2/c1-10-18-14-7-6-11(16(20)21)8-15(14)19(10)9-12-4-2-3-5-13(12)17/h2-8H,9H2,1H3,(H,20,21). The van der Waals surface area contributed by atoms with Gasteiger partial charge >= 0.3 is 5.97 Å². The summed E-state index contributed by atoms with van der Waals surface area (Å²) in [7, 11) is 0. The van der Waals surface area contributed by atoms with Crippen molar-refractivity contribution in [1.82, 2.24) is 9.55 Å². The minimum Gasteiger partial charge on any atom is -0.478 e. The highest BCUT2D eigenvalue weighted by atomic mass is 79.9. The molecular formula is C16H13BrN2O2. The topological polar surface area (TPSA) is 55.1 Å². The van der Waals surface area contributed by atoms with Crippen LogP contribution in [0, 0.1) is 6.92 Å². The van der Waals surface area contributed by atoms with Gasteiger partial charge in [0.25, 0.3) is 0 Å². The molecule has 2 aromatic carbocycles. The van der Waals surface area contributed by atoms with E-state index in [0.29, 0.717) is 6.54 Å². The molecule has 1 heterocycles. The first kappa shape index (κ1) is 13.8. The molecule has 1 N–H and O–H groups in total. The number of aryl methyl sites for hydroxylation is 1. The minimum absolute atomic E-state index is 0.274. The number of rotatable bonds is 3. The number of nitrogens with zero attached hydrogens (tertiary/aromatic N) is 2. The summed E-state index contributed by atoms with van der Waals surface area (Å²) in [6.07, 6.45) is 0. The van der Waals surface area contributed by atoms with Gasteiger partial charge in [0.1, 0.15) is 5.82 Å². The molecule has 0 radical (unpaired) electrons. The number of aromatic nitrogens is 2. The van der Waals surface area contributed by atoms with Crippen molar-refractivity contribution in [3.05, 3.63) is 63.9 Å². The smallest absolute Gasteiger partial charge is 0.335 e. The van der Waals surface area contributed by atoms with Crippen molar-refractivity contribution in [3.63, 3.8) is 0 Å². The zero-order chi connectivity index (χ0) is 15.0. The summed E-state index contributed by atoms with van der Waals surface area (Å²) in [6, 6.07) is 13.0. The lowest BCUT2D eigenvalue weighted by molar-refractivity contribution is 0.0697. The molecule has 0 atom stereocenters. The predicted molar refractivity (Wildman–Crippen MR) is 84.7 cm³/mol. The van der Waals surface area contributed by atoms with Gasteiger partial charge in [-0.15, -0.1) is 0 Å². The van der Waals surface area contributed by atoms with E-state index >= 15 is 0 Å². The summed E-state index contributed by atoms with van der Waals surface area (Å²) in [4.78, 5) is 15.6. The fraction of sp³-hybridized carbons (Fsp3) is 0.125. The van der Waals surface area contributed by atoms with Gasteiger partial charge in [-0.25, -0.2) is 9.78 Å². The molecule has 106 valence electrons. The molecule has 0 saturated carbocycles. The Morgan fingerprint density at radius 3 is 2.76 bits per heavy atom. The monoisotopic (exact) mass is 344 g/mol. The molecule has 5 heteroatoms. The summed E-state index contributed by atoms with van der Waals surface area (Å²) in [6.45, 7) is 2.57. The number of fused-ring (bicyclic) bond motifs is 1. The second-order valence-corrected chi connectivity index (χ2v) is 5.70. The SMILES string of the molecule is Cc1nc2ccc(C(=O)O)cc2n1Cc1ccccc1Br. The zero-order valence-corrected chi connectivity index (χ0v) is 13.0. The van der Waals surface area contributed by atoms with E-state index in [1.54, 1.807) is 18.2 Å². The Balaban J connectivity index is 2.13. The van der Waals surface area contributed by atoms with Crippen LogP contribution in [0.1, 0.15) is 21.7 Å². The van der Waals surface area contributed by atoms with Gasteiger partial charge in [0.2, 0.25) is 0 Å². The van der Waals surface area contributed by atoms with Gasteiger partial charge < -0.3 is 9.67 Å². The molecule has 0 amide bonds. The largest absolute Gasteiger partial charge is 0.478 e. The van der Waals surface area contributed by atoms with Crippen LogP contribution in [0.15, 0.2) is 46.9 Å². The number of carboxylic acid groups (broad SMARTS) is 1. The molecule has 0 aliphatic rings. The maximum atomic E-state index is 11.1. The van der Waals surface area contributed by atoms with E-state index in [0.717, 1.165) is 26.9 Å². The van der Waals surface area contributed by atoms with Crippen LogP contribution >= 0.6 is 15.9 Å². The number of aromatic carboxylic acids is 1. The van der Waals surface area contributed by atoms with E-state index in [2.05, 4.69) is 20.9 Å². The third-order valence-corrected chi connectivity index (χ3v) is 4.25. The molecule has 0 unspecified atom stereocenters. The van der Waals surface area contributed by atoms with Gasteiger partial charge in [-0.1, -0.05) is 34.1 Å². The molecule has 4 nitrogen and oxygen atoms in total. The van der Waals surface area contributed by atoms with Gasteiger partial charge in [-0.3, -0.25) is 0 Å².